The van der Waals surface area contributed by atoms with Gasteiger partial charge in [-0.05, 0) is 39.5 Å². The maximum Gasteiger partial charge on any atom is 0.423 e. The van der Waals surface area contributed by atoms with Crippen molar-refractivity contribution in [3.63, 3.8) is 0 Å². The predicted octanol–water partition coefficient (Wildman–Crippen LogP) is 4.26. The number of halogens is 1. The van der Waals surface area contributed by atoms with Crippen molar-refractivity contribution in [1.29, 1.82) is 0 Å². The fourth-order valence-corrected chi connectivity index (χ4v) is 3.40. The summed E-state index contributed by atoms with van der Waals surface area (Å²) in [5, 5.41) is 22.3. The number of nitrogens with zero attached hydrogens (tertiary/aromatic N) is 2. The molecule has 0 radical (unpaired) electrons. The number of aromatic nitrogens is 1. The first kappa shape index (κ1) is 17.5. The molecule has 0 aliphatic rings. The average molecular weight is 404 g/mol. The van der Waals surface area contributed by atoms with E-state index >= 15 is 0 Å². The van der Waals surface area contributed by atoms with Crippen LogP contribution < -0.4 is 0 Å². The minimum atomic E-state index is -1.20. The summed E-state index contributed by atoms with van der Waals surface area (Å²) in [5.41, 5.74) is 2.79. The number of rotatable bonds is 6. The van der Waals surface area contributed by atoms with E-state index < -0.39 is 6.09 Å². The fraction of sp³-hybridized carbons (Fsp3) is 0.167. The quantitative estimate of drug-likeness (QED) is 0.537. The zero-order valence-electron chi connectivity index (χ0n) is 13.4. The monoisotopic (exact) mass is 403 g/mol. The molecule has 0 fully saturated rings. The molecule has 0 aliphatic heterocycles. The molecule has 3 N–H and O–H groups in total. The summed E-state index contributed by atoms with van der Waals surface area (Å²) < 4.78 is 0.826. The van der Waals surface area contributed by atoms with Gasteiger partial charge in [-0.2, -0.15) is 0 Å². The Labute approximate surface area is 153 Å². The minimum absolute atomic E-state index is 0.0994. The molecule has 0 saturated carbocycles. The van der Waals surface area contributed by atoms with Crippen LogP contribution in [-0.2, 0) is 13.0 Å². The Morgan fingerprint density at radius 3 is 2.48 bits per heavy atom. The maximum atomic E-state index is 11.5. The zero-order valence-corrected chi connectivity index (χ0v) is 15.0. The van der Waals surface area contributed by atoms with E-state index in [1.165, 1.54) is 0 Å². The standard InChI is InChI=1S/C18H18BrN3O3/c19-17-15(14-8-4-5-9-16(14)20-17)10-11-21(18(23)24)22(25)12-13-6-2-1-3-7-13/h1-9,20,25H,10-12H2,(H,23,24). The molecule has 3 aromatic rings. The molecule has 7 heteroatoms. The van der Waals surface area contributed by atoms with Gasteiger partial charge in [0.15, 0.2) is 0 Å². The van der Waals surface area contributed by atoms with Crippen molar-refractivity contribution in [2.75, 3.05) is 6.54 Å². The average Bonchev–Trinajstić information content (AvgIpc) is 2.91. The van der Waals surface area contributed by atoms with Gasteiger partial charge in [0.25, 0.3) is 0 Å². The molecule has 1 amide bonds. The van der Waals surface area contributed by atoms with E-state index in [1.54, 1.807) is 0 Å². The van der Waals surface area contributed by atoms with Crippen molar-refractivity contribution in [2.24, 2.45) is 0 Å². The molecule has 6 nitrogen and oxygen atoms in total. The van der Waals surface area contributed by atoms with Crippen molar-refractivity contribution in [1.82, 2.24) is 15.2 Å². The van der Waals surface area contributed by atoms with Crippen molar-refractivity contribution in [2.45, 2.75) is 13.0 Å². The highest BCUT2D eigenvalue weighted by Crippen LogP contribution is 2.27. The van der Waals surface area contributed by atoms with E-state index in [2.05, 4.69) is 20.9 Å². The smallest absolute Gasteiger partial charge is 0.423 e. The highest BCUT2D eigenvalue weighted by molar-refractivity contribution is 9.10. The summed E-state index contributed by atoms with van der Waals surface area (Å²) in [5.74, 6) is 0. The third-order valence-electron chi connectivity index (χ3n) is 4.00. The normalized spacial score (nSPS) is 11.2. The first-order valence-corrected chi connectivity index (χ1v) is 8.61. The number of carbonyl (C=O) groups is 1. The number of hydrogen-bond acceptors (Lipinski definition) is 3. The number of hydrogen-bond donors (Lipinski definition) is 3. The van der Waals surface area contributed by atoms with Crippen molar-refractivity contribution in [3.8, 4) is 0 Å². The Morgan fingerprint density at radius 1 is 1.08 bits per heavy atom. The second-order valence-corrected chi connectivity index (χ2v) is 6.43. The van der Waals surface area contributed by atoms with E-state index in [0.717, 1.165) is 36.8 Å². The molecule has 0 atom stereocenters. The molecule has 2 aromatic carbocycles. The fourth-order valence-electron chi connectivity index (χ4n) is 2.77. The van der Waals surface area contributed by atoms with Crippen LogP contribution in [0.2, 0.25) is 0 Å². The number of hydrazine groups is 1. The molecule has 0 aliphatic carbocycles. The molecule has 0 spiro atoms. The van der Waals surface area contributed by atoms with Gasteiger partial charge in [0.1, 0.15) is 0 Å². The van der Waals surface area contributed by atoms with Crippen LogP contribution in [0.15, 0.2) is 59.2 Å². The van der Waals surface area contributed by atoms with Crippen molar-refractivity contribution < 1.29 is 15.1 Å². The van der Waals surface area contributed by atoms with Crippen LogP contribution in [0.3, 0.4) is 0 Å². The number of para-hydroxylation sites is 1. The summed E-state index contributed by atoms with van der Waals surface area (Å²) in [4.78, 5) is 14.8. The second-order valence-electron chi connectivity index (χ2n) is 5.63. The first-order chi connectivity index (χ1) is 12.1. The molecular weight excluding hydrogens is 386 g/mol. The molecule has 3 rings (SSSR count). The van der Waals surface area contributed by atoms with E-state index in [4.69, 9.17) is 0 Å². The van der Waals surface area contributed by atoms with Gasteiger partial charge in [0, 0.05) is 17.4 Å². The SMILES string of the molecule is O=C(O)N(CCc1c(Br)[nH]c2ccccc12)N(O)Cc1ccccc1. The lowest BCUT2D eigenvalue weighted by atomic mass is 10.1. The third-order valence-corrected chi connectivity index (χ3v) is 4.68. The van der Waals surface area contributed by atoms with E-state index in [0.29, 0.717) is 6.42 Å². The number of fused-ring (bicyclic) bond motifs is 1. The molecule has 0 unspecified atom stereocenters. The Bertz CT molecular complexity index is 866. The van der Waals surface area contributed by atoms with Gasteiger partial charge in [-0.15, -0.1) is 0 Å². The zero-order chi connectivity index (χ0) is 17.8. The van der Waals surface area contributed by atoms with Crippen LogP contribution >= 0.6 is 15.9 Å². The van der Waals surface area contributed by atoms with Crippen molar-refractivity contribution in [3.05, 3.63) is 70.3 Å². The molecular formula is C18H18BrN3O3. The molecule has 1 aromatic heterocycles. The summed E-state index contributed by atoms with van der Waals surface area (Å²) in [6.45, 7) is 0.237. The van der Waals surface area contributed by atoms with Gasteiger partial charge in [0.2, 0.25) is 0 Å². The first-order valence-electron chi connectivity index (χ1n) is 7.82. The van der Waals surface area contributed by atoms with Crippen LogP contribution in [0.4, 0.5) is 4.79 Å². The van der Waals surface area contributed by atoms with E-state index in [9.17, 15) is 15.1 Å². The van der Waals surface area contributed by atoms with Gasteiger partial charge in [-0.3, -0.25) is 5.21 Å². The van der Waals surface area contributed by atoms with Gasteiger partial charge in [-0.1, -0.05) is 53.7 Å². The molecule has 130 valence electrons. The topological polar surface area (TPSA) is 79.8 Å². The lowest BCUT2D eigenvalue weighted by molar-refractivity contribution is -0.233. The predicted molar refractivity (Wildman–Crippen MR) is 98.2 cm³/mol. The molecule has 1 heterocycles. The van der Waals surface area contributed by atoms with Crippen molar-refractivity contribution >= 4 is 32.9 Å². The van der Waals surface area contributed by atoms with Crippen LogP contribution in [0.25, 0.3) is 10.9 Å². The number of H-pyrrole nitrogens is 1. The lowest BCUT2D eigenvalue weighted by Gasteiger charge is -2.27. The summed E-state index contributed by atoms with van der Waals surface area (Å²) in [6.07, 6.45) is -0.739. The molecule has 0 bridgehead atoms. The number of hydroxylamine groups is 1. The summed E-state index contributed by atoms with van der Waals surface area (Å²) in [6, 6.07) is 17.1. The Hall–Kier alpha value is -2.35. The van der Waals surface area contributed by atoms with E-state index in [-0.39, 0.29) is 13.1 Å². The van der Waals surface area contributed by atoms with Gasteiger partial charge in [-0.25, -0.2) is 9.80 Å². The van der Waals surface area contributed by atoms with Gasteiger partial charge >= 0.3 is 6.09 Å². The van der Waals surface area contributed by atoms with Crippen LogP contribution in [-0.4, -0.2) is 38.1 Å². The number of carboxylic acid groups (broad SMARTS) is 1. The summed E-state index contributed by atoms with van der Waals surface area (Å²) >= 11 is 3.49. The maximum absolute atomic E-state index is 11.5. The Balaban J connectivity index is 1.73. The van der Waals surface area contributed by atoms with E-state index in [1.807, 2.05) is 54.6 Å². The highest BCUT2D eigenvalue weighted by atomic mass is 79.9. The Kier molecular flexibility index (Phi) is 5.37. The lowest BCUT2D eigenvalue weighted by Crippen LogP contribution is -2.44. The third kappa shape index (κ3) is 4.01. The largest absolute Gasteiger partial charge is 0.464 e. The highest BCUT2D eigenvalue weighted by Gasteiger charge is 2.21. The molecule has 0 saturated heterocycles. The second kappa shape index (κ2) is 7.69. The summed E-state index contributed by atoms with van der Waals surface area (Å²) in [7, 11) is 0. The molecule has 25 heavy (non-hydrogen) atoms. The number of aromatic amines is 1. The van der Waals surface area contributed by atoms with Gasteiger partial charge in [0.05, 0.1) is 11.1 Å². The Morgan fingerprint density at radius 2 is 1.76 bits per heavy atom. The number of amides is 1. The van der Waals surface area contributed by atoms with Gasteiger partial charge < -0.3 is 10.1 Å². The number of benzene rings is 2. The number of nitrogens with one attached hydrogen (secondary N) is 1. The van der Waals surface area contributed by atoms with Crippen LogP contribution in [0, 0.1) is 0 Å². The minimum Gasteiger partial charge on any atom is -0.464 e. The van der Waals surface area contributed by atoms with Crippen LogP contribution in [0.1, 0.15) is 11.1 Å². The van der Waals surface area contributed by atoms with Crippen LogP contribution in [0.5, 0.6) is 0 Å².